The van der Waals surface area contributed by atoms with E-state index >= 15 is 0 Å². The highest BCUT2D eigenvalue weighted by atomic mass is 16.7. The van der Waals surface area contributed by atoms with E-state index < -0.39 is 35.8 Å². The van der Waals surface area contributed by atoms with Gasteiger partial charge in [0.1, 0.15) is 6.04 Å². The quantitative estimate of drug-likeness (QED) is 0.250. The first-order chi connectivity index (χ1) is 9.11. The molecule has 0 aromatic rings. The van der Waals surface area contributed by atoms with Gasteiger partial charge in [-0.2, -0.15) is 5.90 Å². The van der Waals surface area contributed by atoms with E-state index in [0.717, 1.165) is 0 Å². The maximum atomic E-state index is 10.4. The molecular weight excluding hydrogens is 272 g/mol. The first-order valence-electron chi connectivity index (χ1n) is 5.39. The van der Waals surface area contributed by atoms with Gasteiger partial charge in [-0.15, -0.1) is 0 Å². The lowest BCUT2D eigenvalue weighted by atomic mass is 10.1. The number of nitrogens with two attached hydrogens (primary N) is 6. The van der Waals surface area contributed by atoms with Gasteiger partial charge in [0, 0.05) is 6.42 Å². The molecule has 0 bridgehead atoms. The highest BCUT2D eigenvalue weighted by Gasteiger charge is 2.16. The van der Waals surface area contributed by atoms with Crippen molar-refractivity contribution in [3.8, 4) is 0 Å². The fraction of sp³-hybridized carbons (Fsp3) is 0.556. The Bertz CT molecular complexity index is 361. The molecule has 0 aliphatic rings. The summed E-state index contributed by atoms with van der Waals surface area (Å²) in [6, 6.07) is -1.81. The van der Waals surface area contributed by atoms with Gasteiger partial charge in [0.15, 0.2) is 0 Å². The topological polar surface area (TPSA) is 234 Å². The molecule has 12 N–H and O–H groups in total. The summed E-state index contributed by atoms with van der Waals surface area (Å²) in [5.41, 5.74) is 24.6. The lowest BCUT2D eigenvalue weighted by molar-refractivity contribution is -0.147. The summed E-state index contributed by atoms with van der Waals surface area (Å²) < 4.78 is 0. The average Bonchev–Trinajstić information content (AvgIpc) is 2.34. The molecule has 0 aromatic carbocycles. The summed E-state index contributed by atoms with van der Waals surface area (Å²) in [5, 5.41) is 0. The third kappa shape index (κ3) is 12.2. The monoisotopic (exact) mass is 292 g/mol. The number of hydrogen-bond donors (Lipinski definition) is 6. The Labute approximate surface area is 114 Å². The van der Waals surface area contributed by atoms with Crippen LogP contribution < -0.4 is 34.6 Å². The fourth-order valence-electron chi connectivity index (χ4n) is 0.827. The summed E-state index contributed by atoms with van der Waals surface area (Å²) in [6.07, 6.45) is 0.0742. The number of rotatable bonds is 7. The molecule has 11 nitrogen and oxygen atoms in total. The number of primary amides is 3. The van der Waals surface area contributed by atoms with Crippen molar-refractivity contribution < 1.29 is 24.0 Å². The van der Waals surface area contributed by atoms with Crippen molar-refractivity contribution in [3.63, 3.8) is 0 Å². The molecule has 3 amide bonds. The van der Waals surface area contributed by atoms with Crippen molar-refractivity contribution in [2.75, 3.05) is 0 Å². The van der Waals surface area contributed by atoms with Crippen LogP contribution in [0.25, 0.3) is 0 Å². The second-order valence-corrected chi connectivity index (χ2v) is 3.73. The zero-order chi connectivity index (χ0) is 16.3. The molecule has 0 aliphatic heterocycles. The molecule has 2 atom stereocenters. The van der Waals surface area contributed by atoms with Crippen molar-refractivity contribution in [1.82, 2.24) is 0 Å². The lowest BCUT2D eigenvalue weighted by Gasteiger charge is -2.03. The maximum absolute atomic E-state index is 10.4. The fourth-order valence-corrected chi connectivity index (χ4v) is 0.827. The van der Waals surface area contributed by atoms with E-state index in [2.05, 4.69) is 10.7 Å². The summed E-state index contributed by atoms with van der Waals surface area (Å²) in [4.78, 5) is 44.6. The normalized spacial score (nSPS) is 12.3. The van der Waals surface area contributed by atoms with E-state index in [1.165, 1.54) is 0 Å². The van der Waals surface area contributed by atoms with Gasteiger partial charge in [-0.3, -0.25) is 14.4 Å². The van der Waals surface area contributed by atoms with Crippen molar-refractivity contribution in [2.24, 2.45) is 34.6 Å². The molecule has 0 aromatic heterocycles. The van der Waals surface area contributed by atoms with Crippen molar-refractivity contribution >= 4 is 23.7 Å². The summed E-state index contributed by atoms with van der Waals surface area (Å²) >= 11 is 0. The van der Waals surface area contributed by atoms with E-state index in [9.17, 15) is 19.2 Å². The largest absolute Gasteiger partial charge is 0.372 e. The first kappa shape index (κ1) is 20.1. The molecule has 0 radical (unpaired) electrons. The Morgan fingerprint density at radius 3 is 1.70 bits per heavy atom. The van der Waals surface area contributed by atoms with Gasteiger partial charge in [-0.1, -0.05) is 0 Å². The minimum Gasteiger partial charge on any atom is -0.372 e. The Hall–Kier alpha value is -2.24. The van der Waals surface area contributed by atoms with E-state index in [1.807, 2.05) is 0 Å². The van der Waals surface area contributed by atoms with Gasteiger partial charge < -0.3 is 33.5 Å². The Morgan fingerprint density at radius 2 is 1.40 bits per heavy atom. The third-order valence-corrected chi connectivity index (χ3v) is 1.91. The van der Waals surface area contributed by atoms with Gasteiger partial charge >= 0.3 is 5.97 Å². The van der Waals surface area contributed by atoms with Crippen LogP contribution in [0.4, 0.5) is 0 Å². The van der Waals surface area contributed by atoms with Gasteiger partial charge in [0.05, 0.1) is 12.5 Å². The molecule has 116 valence electrons. The SMILES string of the molecule is NC(=O)CC[C@H](N)C(N)=O.NOC(=O)[C@@H](N)CC(N)=O. The number of amides is 3. The van der Waals surface area contributed by atoms with E-state index in [1.54, 1.807) is 0 Å². The van der Waals surface area contributed by atoms with Crippen molar-refractivity contribution in [3.05, 3.63) is 0 Å². The Balaban J connectivity index is 0. The minimum absolute atomic E-state index is 0.101. The van der Waals surface area contributed by atoms with Crippen LogP contribution in [-0.4, -0.2) is 35.8 Å². The average molecular weight is 292 g/mol. The molecular formula is C9H20N6O5. The number of carbonyl (C=O) groups is 4. The second-order valence-electron chi connectivity index (χ2n) is 3.73. The summed E-state index contributed by atoms with van der Waals surface area (Å²) in [6.45, 7) is 0. The first-order valence-corrected chi connectivity index (χ1v) is 5.39. The van der Waals surface area contributed by atoms with Crippen LogP contribution in [0.1, 0.15) is 19.3 Å². The van der Waals surface area contributed by atoms with Gasteiger partial charge in [-0.05, 0) is 6.42 Å². The van der Waals surface area contributed by atoms with E-state index in [0.29, 0.717) is 0 Å². The number of hydrogen-bond acceptors (Lipinski definition) is 8. The minimum atomic E-state index is -1.05. The molecule has 0 fully saturated rings. The van der Waals surface area contributed by atoms with Gasteiger partial charge in [0.25, 0.3) is 0 Å². The summed E-state index contributed by atoms with van der Waals surface area (Å²) in [5.74, 6) is 1.86. The molecule has 0 spiro atoms. The van der Waals surface area contributed by atoms with Crippen LogP contribution >= 0.6 is 0 Å². The van der Waals surface area contributed by atoms with Crippen LogP contribution in [0.5, 0.6) is 0 Å². The van der Waals surface area contributed by atoms with Gasteiger partial charge in [-0.25, -0.2) is 4.79 Å². The molecule has 20 heavy (non-hydrogen) atoms. The van der Waals surface area contributed by atoms with Gasteiger partial charge in [0.2, 0.25) is 17.7 Å². The van der Waals surface area contributed by atoms with Crippen LogP contribution in [0.2, 0.25) is 0 Å². The number of carbonyl (C=O) groups excluding carboxylic acids is 4. The zero-order valence-electron chi connectivity index (χ0n) is 10.8. The smallest absolute Gasteiger partial charge is 0.341 e. The molecule has 0 saturated carbocycles. The third-order valence-electron chi connectivity index (χ3n) is 1.91. The van der Waals surface area contributed by atoms with Crippen molar-refractivity contribution in [1.29, 1.82) is 0 Å². The van der Waals surface area contributed by atoms with Crippen LogP contribution in [0.15, 0.2) is 0 Å². The zero-order valence-corrected chi connectivity index (χ0v) is 10.8. The Kier molecular flexibility index (Phi) is 10.7. The van der Waals surface area contributed by atoms with Crippen LogP contribution in [0.3, 0.4) is 0 Å². The highest BCUT2D eigenvalue weighted by Crippen LogP contribution is 1.91. The molecule has 11 heteroatoms. The highest BCUT2D eigenvalue weighted by molar-refractivity contribution is 5.84. The molecule has 0 unspecified atom stereocenters. The predicted molar refractivity (Wildman–Crippen MR) is 67.7 cm³/mol. The van der Waals surface area contributed by atoms with Crippen LogP contribution in [-0.2, 0) is 24.0 Å². The Morgan fingerprint density at radius 1 is 0.900 bits per heavy atom. The molecule has 0 rings (SSSR count). The summed E-state index contributed by atoms with van der Waals surface area (Å²) in [7, 11) is 0. The van der Waals surface area contributed by atoms with E-state index in [-0.39, 0.29) is 19.3 Å². The predicted octanol–water partition coefficient (Wildman–Crippen LogP) is -4.33. The second kappa shape index (κ2) is 10.7. The maximum Gasteiger partial charge on any atom is 0.341 e. The lowest BCUT2D eigenvalue weighted by Crippen LogP contribution is -2.37. The standard InChI is InChI=1S/C5H11N3O2.C4H9N3O3/c6-3(5(8)10)1-2-4(7)9;5-2(1-3(6)8)4(9)10-7/h3H,1-2,6H2,(H2,7,9)(H2,8,10);2H,1,5,7H2,(H2,6,8)/t3-;2-/m00/s1. The molecule has 0 heterocycles. The van der Waals surface area contributed by atoms with Crippen molar-refractivity contribution in [2.45, 2.75) is 31.3 Å². The molecule has 0 aliphatic carbocycles. The van der Waals surface area contributed by atoms with Crippen LogP contribution in [0, 0.1) is 0 Å². The molecule has 0 saturated heterocycles. The van der Waals surface area contributed by atoms with E-state index in [4.69, 9.17) is 28.7 Å².